The predicted octanol–water partition coefficient (Wildman–Crippen LogP) is 21.7. The molecule has 0 aromatic carbocycles. The SMILES string of the molecule is CC/C=C\C/C=C\C/C=C\C/C=C\C/C=C\C/C=C\CCCCCCCCC(=O)OCC(COC(=O)CCCCCCC/C=C\CCCCC)OC(=O)CCCCCC/C=C\C/C=C\C/C=C\C/C=C\C/C=C\C/C=C\CC. The van der Waals surface area contributed by atoms with E-state index in [9.17, 15) is 14.4 Å². The molecule has 6 nitrogen and oxygen atoms in total. The largest absolute Gasteiger partial charge is 0.462 e. The summed E-state index contributed by atoms with van der Waals surface area (Å²) < 4.78 is 16.9. The number of hydrogen-bond acceptors (Lipinski definition) is 6. The van der Waals surface area contributed by atoms with Gasteiger partial charge >= 0.3 is 17.9 Å². The third-order valence-electron chi connectivity index (χ3n) is 12.7. The fourth-order valence-electron chi connectivity index (χ4n) is 8.09. The van der Waals surface area contributed by atoms with Gasteiger partial charge in [0.2, 0.25) is 0 Å². The Morgan fingerprint density at radius 1 is 0.269 bits per heavy atom. The highest BCUT2D eigenvalue weighted by Crippen LogP contribution is 2.14. The molecule has 0 amide bonds. The molecule has 0 aliphatic heterocycles. The summed E-state index contributed by atoms with van der Waals surface area (Å²) >= 11 is 0. The molecule has 0 rings (SSSR count). The third-order valence-corrected chi connectivity index (χ3v) is 12.7. The summed E-state index contributed by atoms with van der Waals surface area (Å²) in [6, 6.07) is 0. The van der Waals surface area contributed by atoms with Crippen LogP contribution in [0.25, 0.3) is 0 Å². The second kappa shape index (κ2) is 64.6. The first-order valence-electron chi connectivity index (χ1n) is 31.5. The summed E-state index contributed by atoms with van der Waals surface area (Å²) in [7, 11) is 0. The molecule has 0 radical (unpaired) electrons. The highest BCUT2D eigenvalue weighted by atomic mass is 16.6. The quantitative estimate of drug-likeness (QED) is 0.0261. The van der Waals surface area contributed by atoms with Crippen LogP contribution < -0.4 is 0 Å². The number of hydrogen-bond donors (Lipinski definition) is 0. The molecule has 0 spiro atoms. The Morgan fingerprint density at radius 2 is 0.500 bits per heavy atom. The van der Waals surface area contributed by atoms with Crippen molar-refractivity contribution in [1.82, 2.24) is 0 Å². The van der Waals surface area contributed by atoms with Gasteiger partial charge in [0.25, 0.3) is 0 Å². The van der Waals surface area contributed by atoms with Crippen molar-refractivity contribution in [3.05, 3.63) is 158 Å². The number of carbonyl (C=O) groups excluding carboxylic acids is 3. The number of ether oxygens (including phenoxy) is 3. The minimum atomic E-state index is -0.810. The van der Waals surface area contributed by atoms with Crippen LogP contribution in [0.1, 0.15) is 258 Å². The molecule has 438 valence electrons. The van der Waals surface area contributed by atoms with Crippen molar-refractivity contribution in [3.63, 3.8) is 0 Å². The number of allylic oxidation sites excluding steroid dienone is 26. The van der Waals surface area contributed by atoms with Gasteiger partial charge in [0.15, 0.2) is 6.10 Å². The van der Waals surface area contributed by atoms with Gasteiger partial charge in [-0.1, -0.05) is 249 Å². The molecule has 78 heavy (non-hydrogen) atoms. The van der Waals surface area contributed by atoms with Gasteiger partial charge < -0.3 is 14.2 Å². The lowest BCUT2D eigenvalue weighted by atomic mass is 10.1. The molecule has 0 saturated heterocycles. The van der Waals surface area contributed by atoms with E-state index < -0.39 is 6.10 Å². The monoisotopic (exact) mass is 1070 g/mol. The molecular formula is C72H114O6. The minimum absolute atomic E-state index is 0.104. The Kier molecular flexibility index (Phi) is 60.4. The van der Waals surface area contributed by atoms with Crippen LogP contribution in [0, 0.1) is 0 Å². The van der Waals surface area contributed by atoms with Gasteiger partial charge in [-0.3, -0.25) is 14.4 Å². The van der Waals surface area contributed by atoms with E-state index in [4.69, 9.17) is 14.2 Å². The van der Waals surface area contributed by atoms with E-state index in [0.717, 1.165) is 173 Å². The molecule has 0 aromatic heterocycles. The van der Waals surface area contributed by atoms with Crippen molar-refractivity contribution in [2.24, 2.45) is 0 Å². The molecule has 0 saturated carbocycles. The minimum Gasteiger partial charge on any atom is -0.462 e. The topological polar surface area (TPSA) is 78.9 Å². The Labute approximate surface area is 480 Å². The molecular weight excluding hydrogens is 961 g/mol. The van der Waals surface area contributed by atoms with Gasteiger partial charge in [-0.25, -0.2) is 0 Å². The van der Waals surface area contributed by atoms with Crippen LogP contribution in [0.2, 0.25) is 0 Å². The second-order valence-corrected chi connectivity index (χ2v) is 20.2. The van der Waals surface area contributed by atoms with Gasteiger partial charge in [0, 0.05) is 19.3 Å². The standard InChI is InChI=1S/C72H114O6/c1-4-7-10-13-16-19-22-25-27-29-31-33-35-36-38-39-41-43-45-47-50-53-56-59-62-65-71(74)77-68-69(67-76-70(73)64-61-58-55-52-49-24-21-18-15-12-9-6-3)78-72(75)66-63-60-57-54-51-48-46-44-42-40-37-34-32-30-28-26-23-20-17-14-11-8-5-2/h7-8,10-11,16-21,25-28,31-34,36,38,40-43,46,48,69H,4-6,9,12-15,22-24,29-30,35,37,39,44-45,47,49-68H2,1-3H3/b10-7-,11-8-,19-16-,20-17-,21-18-,27-25-,28-26-,33-31-,34-32-,38-36-,42-40-,43-41-,48-46-. The van der Waals surface area contributed by atoms with Crippen LogP contribution in [0.4, 0.5) is 0 Å². The third kappa shape index (κ3) is 61.9. The van der Waals surface area contributed by atoms with E-state index in [1.807, 2.05) is 0 Å². The van der Waals surface area contributed by atoms with Crippen molar-refractivity contribution < 1.29 is 28.6 Å². The molecule has 1 atom stereocenters. The first-order valence-corrected chi connectivity index (χ1v) is 31.5. The number of esters is 3. The van der Waals surface area contributed by atoms with E-state index >= 15 is 0 Å². The van der Waals surface area contributed by atoms with Crippen LogP contribution in [0.3, 0.4) is 0 Å². The first-order chi connectivity index (χ1) is 38.5. The van der Waals surface area contributed by atoms with E-state index in [-0.39, 0.29) is 37.5 Å². The summed E-state index contributed by atoms with van der Waals surface area (Å²) in [5.41, 5.74) is 0. The number of unbranched alkanes of at least 4 members (excludes halogenated alkanes) is 18. The molecule has 0 fully saturated rings. The lowest BCUT2D eigenvalue weighted by Crippen LogP contribution is -2.30. The normalized spacial score (nSPS) is 13.2. The fraction of sp³-hybridized carbons (Fsp3) is 0.597. The maximum Gasteiger partial charge on any atom is 0.306 e. The molecule has 0 bridgehead atoms. The second-order valence-electron chi connectivity index (χ2n) is 20.2. The zero-order chi connectivity index (χ0) is 56.4. The fourth-order valence-corrected chi connectivity index (χ4v) is 8.09. The molecule has 0 N–H and O–H groups in total. The summed E-state index contributed by atoms with van der Waals surface area (Å²) in [5, 5.41) is 0. The van der Waals surface area contributed by atoms with Gasteiger partial charge in [-0.2, -0.15) is 0 Å². The number of carbonyl (C=O) groups is 3. The summed E-state index contributed by atoms with van der Waals surface area (Å²) in [6.07, 6.45) is 93.8. The highest BCUT2D eigenvalue weighted by molar-refractivity contribution is 5.71. The molecule has 6 heteroatoms. The molecule has 0 aromatic rings. The Hall–Kier alpha value is -4.97. The van der Waals surface area contributed by atoms with E-state index in [2.05, 4.69) is 179 Å². The highest BCUT2D eigenvalue weighted by Gasteiger charge is 2.19. The summed E-state index contributed by atoms with van der Waals surface area (Å²) in [6.45, 7) is 6.34. The van der Waals surface area contributed by atoms with Gasteiger partial charge in [-0.05, 0) is 148 Å². The summed E-state index contributed by atoms with van der Waals surface area (Å²) in [4.78, 5) is 38.3. The molecule has 0 heterocycles. The van der Waals surface area contributed by atoms with Crippen molar-refractivity contribution >= 4 is 17.9 Å². The van der Waals surface area contributed by atoms with Gasteiger partial charge in [-0.15, -0.1) is 0 Å². The Bertz CT molecular complexity index is 1760. The molecule has 0 aliphatic carbocycles. The van der Waals surface area contributed by atoms with E-state index in [1.165, 1.54) is 44.9 Å². The smallest absolute Gasteiger partial charge is 0.306 e. The first kappa shape index (κ1) is 73.0. The molecule has 0 aliphatic rings. The van der Waals surface area contributed by atoms with Crippen LogP contribution >= 0.6 is 0 Å². The van der Waals surface area contributed by atoms with Gasteiger partial charge in [0.1, 0.15) is 13.2 Å². The van der Waals surface area contributed by atoms with Crippen molar-refractivity contribution in [1.29, 1.82) is 0 Å². The van der Waals surface area contributed by atoms with Crippen LogP contribution in [-0.2, 0) is 28.6 Å². The summed E-state index contributed by atoms with van der Waals surface area (Å²) in [5.74, 6) is -0.957. The average Bonchev–Trinajstić information content (AvgIpc) is 3.44. The Balaban J connectivity index is 4.45. The van der Waals surface area contributed by atoms with Crippen molar-refractivity contribution in [2.45, 2.75) is 264 Å². The zero-order valence-corrected chi connectivity index (χ0v) is 50.1. The zero-order valence-electron chi connectivity index (χ0n) is 50.1. The Morgan fingerprint density at radius 3 is 0.795 bits per heavy atom. The van der Waals surface area contributed by atoms with E-state index in [0.29, 0.717) is 12.8 Å². The molecule has 1 unspecified atom stereocenters. The lowest BCUT2D eigenvalue weighted by Gasteiger charge is -2.18. The predicted molar refractivity (Wildman–Crippen MR) is 338 cm³/mol. The lowest BCUT2D eigenvalue weighted by molar-refractivity contribution is -0.167. The van der Waals surface area contributed by atoms with Crippen molar-refractivity contribution in [3.8, 4) is 0 Å². The van der Waals surface area contributed by atoms with Crippen LogP contribution in [-0.4, -0.2) is 37.2 Å². The van der Waals surface area contributed by atoms with Gasteiger partial charge in [0.05, 0.1) is 0 Å². The van der Waals surface area contributed by atoms with E-state index in [1.54, 1.807) is 0 Å². The maximum absolute atomic E-state index is 12.9. The van der Waals surface area contributed by atoms with Crippen LogP contribution in [0.15, 0.2) is 158 Å². The average molecular weight is 1080 g/mol. The maximum atomic E-state index is 12.9. The van der Waals surface area contributed by atoms with Crippen LogP contribution in [0.5, 0.6) is 0 Å². The van der Waals surface area contributed by atoms with Crippen molar-refractivity contribution in [2.75, 3.05) is 13.2 Å². The number of rotatable bonds is 55.